The maximum absolute atomic E-state index is 12.0. The van der Waals surface area contributed by atoms with Crippen LogP contribution in [0.1, 0.15) is 52.9 Å². The van der Waals surface area contributed by atoms with Crippen molar-refractivity contribution in [3.63, 3.8) is 0 Å². The molecule has 1 aliphatic rings. The van der Waals surface area contributed by atoms with Crippen molar-refractivity contribution < 1.29 is 8.42 Å². The average Bonchev–Trinajstić information content (AvgIpc) is 2.29. The molecule has 1 rings (SSSR count). The first-order chi connectivity index (χ1) is 8.23. The maximum atomic E-state index is 12.0. The van der Waals surface area contributed by atoms with Gasteiger partial charge in [-0.2, -0.15) is 0 Å². The Hall–Kier alpha value is -0.200. The number of nitrogens with one attached hydrogen (secondary N) is 1. The van der Waals surface area contributed by atoms with Gasteiger partial charge in [0, 0.05) is 0 Å². The normalized spacial score (nSPS) is 29.4. The van der Waals surface area contributed by atoms with Crippen LogP contribution in [-0.2, 0) is 10.0 Å². The largest absolute Gasteiger partial charge is 0.392 e. The second-order valence-corrected chi connectivity index (χ2v) is 8.17. The molecule has 1 saturated carbocycles. The molecule has 0 aromatic heterocycles. The van der Waals surface area contributed by atoms with Crippen molar-refractivity contribution in [3.8, 4) is 0 Å². The van der Waals surface area contributed by atoms with Gasteiger partial charge >= 0.3 is 0 Å². The van der Waals surface area contributed by atoms with Gasteiger partial charge in [-0.3, -0.25) is 0 Å². The van der Waals surface area contributed by atoms with E-state index in [1.165, 1.54) is 0 Å². The van der Waals surface area contributed by atoms with E-state index in [4.69, 9.17) is 18.0 Å². The molecule has 0 unspecified atom stereocenters. The van der Waals surface area contributed by atoms with Gasteiger partial charge in [0.2, 0.25) is 10.0 Å². The van der Waals surface area contributed by atoms with Crippen molar-refractivity contribution in [2.45, 2.75) is 63.7 Å². The Morgan fingerprint density at radius 3 is 2.28 bits per heavy atom. The van der Waals surface area contributed by atoms with Crippen LogP contribution in [0.15, 0.2) is 0 Å². The fourth-order valence-corrected chi connectivity index (χ4v) is 3.78. The van der Waals surface area contributed by atoms with E-state index in [2.05, 4.69) is 11.6 Å². The Morgan fingerprint density at radius 2 is 1.94 bits per heavy atom. The van der Waals surface area contributed by atoms with Crippen LogP contribution in [0.2, 0.25) is 0 Å². The number of hydrogen-bond donors (Lipinski definition) is 2. The SMILES string of the molecule is CCC1CCC(NS(=O)(=O)C(C)C)(C(N)=S)CC1. The van der Waals surface area contributed by atoms with Gasteiger partial charge in [-0.05, 0) is 45.4 Å². The number of sulfonamides is 1. The van der Waals surface area contributed by atoms with Gasteiger partial charge in [-0.1, -0.05) is 25.6 Å². The van der Waals surface area contributed by atoms with Crippen LogP contribution in [0, 0.1) is 5.92 Å². The highest BCUT2D eigenvalue weighted by Crippen LogP contribution is 2.34. The highest BCUT2D eigenvalue weighted by Gasteiger charge is 2.41. The molecule has 0 atom stereocenters. The van der Waals surface area contributed by atoms with Crippen molar-refractivity contribution in [2.24, 2.45) is 11.7 Å². The third-order valence-corrected chi connectivity index (χ3v) is 6.27. The molecule has 3 N–H and O–H groups in total. The molecule has 0 radical (unpaired) electrons. The molecule has 4 nitrogen and oxygen atoms in total. The predicted octanol–water partition coefficient (Wildman–Crippen LogP) is 1.94. The van der Waals surface area contributed by atoms with Gasteiger partial charge in [-0.25, -0.2) is 13.1 Å². The second kappa shape index (κ2) is 5.84. The molecule has 0 spiro atoms. The van der Waals surface area contributed by atoms with Crippen molar-refractivity contribution in [1.82, 2.24) is 4.72 Å². The zero-order chi connectivity index (χ0) is 14.0. The minimum atomic E-state index is -3.34. The number of thiocarbonyl (C=S) groups is 1. The minimum absolute atomic E-state index is 0.279. The molecular weight excluding hydrogens is 268 g/mol. The standard InChI is InChI=1S/C12H24N2O2S2/c1-4-10-5-7-12(8-6-10,11(13)17)14-18(15,16)9(2)3/h9-10,14H,4-8H2,1-3H3,(H2,13,17). The molecule has 0 saturated heterocycles. The topological polar surface area (TPSA) is 72.2 Å². The summed E-state index contributed by atoms with van der Waals surface area (Å²) < 4.78 is 26.8. The molecule has 1 aliphatic carbocycles. The fraction of sp³-hybridized carbons (Fsp3) is 0.917. The Bertz CT molecular complexity index is 396. The molecule has 1 fully saturated rings. The highest BCUT2D eigenvalue weighted by molar-refractivity contribution is 7.90. The summed E-state index contributed by atoms with van der Waals surface area (Å²) in [5.41, 5.74) is 5.10. The van der Waals surface area contributed by atoms with E-state index in [9.17, 15) is 8.42 Å². The minimum Gasteiger partial charge on any atom is -0.392 e. The Labute approximate surface area is 116 Å². The van der Waals surface area contributed by atoms with Crippen LogP contribution in [0.4, 0.5) is 0 Å². The monoisotopic (exact) mass is 292 g/mol. The summed E-state index contributed by atoms with van der Waals surface area (Å²) in [4.78, 5) is 0.279. The Balaban J connectivity index is 2.88. The van der Waals surface area contributed by atoms with Crippen LogP contribution in [0.25, 0.3) is 0 Å². The van der Waals surface area contributed by atoms with Crippen LogP contribution in [0.3, 0.4) is 0 Å². The summed E-state index contributed by atoms with van der Waals surface area (Å²) in [7, 11) is -3.34. The summed E-state index contributed by atoms with van der Waals surface area (Å²) in [6, 6.07) is 0. The van der Waals surface area contributed by atoms with E-state index in [0.717, 1.165) is 19.3 Å². The average molecular weight is 292 g/mol. The summed E-state index contributed by atoms with van der Waals surface area (Å²) >= 11 is 5.11. The molecule has 18 heavy (non-hydrogen) atoms. The van der Waals surface area contributed by atoms with Gasteiger partial charge in [0.25, 0.3) is 0 Å². The van der Waals surface area contributed by atoms with Gasteiger partial charge in [0.05, 0.1) is 15.8 Å². The summed E-state index contributed by atoms with van der Waals surface area (Å²) in [6.07, 6.45) is 4.52. The molecule has 0 amide bonds. The zero-order valence-electron chi connectivity index (χ0n) is 11.4. The second-order valence-electron chi connectivity index (χ2n) is 5.49. The predicted molar refractivity (Wildman–Crippen MR) is 79.0 cm³/mol. The van der Waals surface area contributed by atoms with E-state index < -0.39 is 20.8 Å². The van der Waals surface area contributed by atoms with Gasteiger partial charge in [0.15, 0.2) is 0 Å². The lowest BCUT2D eigenvalue weighted by molar-refractivity contribution is 0.268. The molecule has 0 bridgehead atoms. The molecule has 106 valence electrons. The first-order valence-corrected chi connectivity index (χ1v) is 8.51. The maximum Gasteiger partial charge on any atom is 0.214 e. The van der Waals surface area contributed by atoms with Crippen molar-refractivity contribution in [2.75, 3.05) is 0 Å². The van der Waals surface area contributed by atoms with Gasteiger partial charge < -0.3 is 5.73 Å². The van der Waals surface area contributed by atoms with Crippen LogP contribution in [0.5, 0.6) is 0 Å². The van der Waals surface area contributed by atoms with Crippen LogP contribution in [-0.4, -0.2) is 24.2 Å². The number of rotatable bonds is 5. The van der Waals surface area contributed by atoms with E-state index in [1.54, 1.807) is 13.8 Å². The van der Waals surface area contributed by atoms with Gasteiger partial charge in [-0.15, -0.1) is 0 Å². The van der Waals surface area contributed by atoms with E-state index in [1.807, 2.05) is 0 Å². The van der Waals surface area contributed by atoms with Gasteiger partial charge in [0.1, 0.15) is 0 Å². The lowest BCUT2D eigenvalue weighted by Gasteiger charge is -2.40. The first-order valence-electron chi connectivity index (χ1n) is 6.56. The Kier molecular flexibility index (Phi) is 5.14. The van der Waals surface area contributed by atoms with E-state index in [0.29, 0.717) is 18.8 Å². The highest BCUT2D eigenvalue weighted by atomic mass is 32.2. The molecular formula is C12H24N2O2S2. The first kappa shape index (κ1) is 15.9. The summed E-state index contributed by atoms with van der Waals surface area (Å²) in [6.45, 7) is 5.48. The Morgan fingerprint density at radius 1 is 1.44 bits per heavy atom. The van der Waals surface area contributed by atoms with E-state index in [-0.39, 0.29) is 4.99 Å². The van der Waals surface area contributed by atoms with Crippen LogP contribution < -0.4 is 10.5 Å². The molecule has 0 aromatic carbocycles. The molecule has 0 heterocycles. The zero-order valence-corrected chi connectivity index (χ0v) is 13.0. The quantitative estimate of drug-likeness (QED) is 0.760. The molecule has 0 aliphatic heterocycles. The van der Waals surface area contributed by atoms with Crippen molar-refractivity contribution in [3.05, 3.63) is 0 Å². The summed E-state index contributed by atoms with van der Waals surface area (Å²) in [5.74, 6) is 0.663. The third-order valence-electron chi connectivity index (χ3n) is 3.97. The van der Waals surface area contributed by atoms with E-state index >= 15 is 0 Å². The fourth-order valence-electron chi connectivity index (χ4n) is 2.37. The van der Waals surface area contributed by atoms with Crippen molar-refractivity contribution >= 4 is 27.2 Å². The third kappa shape index (κ3) is 3.42. The molecule has 0 aromatic rings. The van der Waals surface area contributed by atoms with Crippen molar-refractivity contribution in [1.29, 1.82) is 0 Å². The summed E-state index contributed by atoms with van der Waals surface area (Å²) in [5, 5.41) is -0.465. The number of nitrogens with two attached hydrogens (primary N) is 1. The lowest BCUT2D eigenvalue weighted by atomic mass is 9.76. The number of hydrogen-bond acceptors (Lipinski definition) is 3. The molecule has 6 heteroatoms. The van der Waals surface area contributed by atoms with Crippen LogP contribution >= 0.6 is 12.2 Å². The lowest BCUT2D eigenvalue weighted by Crippen LogP contribution is -2.59. The smallest absolute Gasteiger partial charge is 0.214 e.